The Morgan fingerprint density at radius 3 is 2.67 bits per heavy atom. The maximum atomic E-state index is 13.1. The molecule has 0 amide bonds. The number of likely N-dealkylation sites (N-methyl/N-ethyl adjacent to an activating group) is 1. The Hall–Kier alpha value is -3.12. The highest BCUT2D eigenvalue weighted by Gasteiger charge is 2.28. The van der Waals surface area contributed by atoms with E-state index in [2.05, 4.69) is 29.9 Å². The van der Waals surface area contributed by atoms with Crippen LogP contribution >= 0.6 is 0 Å². The number of likely N-dealkylation sites (tertiary alicyclic amines) is 1. The number of hydrogen-bond donors (Lipinski definition) is 1. The minimum atomic E-state index is -0.719. The molecule has 0 bridgehead atoms. The number of aldehydes is 1. The van der Waals surface area contributed by atoms with Crippen molar-refractivity contribution in [3.63, 3.8) is 0 Å². The molecule has 0 aliphatic carbocycles. The van der Waals surface area contributed by atoms with Gasteiger partial charge in [-0.05, 0) is 43.7 Å². The number of nitriles is 1. The molecule has 0 saturated carbocycles. The van der Waals surface area contributed by atoms with Crippen LogP contribution in [-0.4, -0.2) is 50.8 Å². The highest BCUT2D eigenvalue weighted by atomic mass is 19.1. The summed E-state index contributed by atoms with van der Waals surface area (Å²) < 4.78 is 36.4. The number of hydrogen-bond acceptors (Lipinski definition) is 6. The van der Waals surface area contributed by atoms with Crippen molar-refractivity contribution in [2.45, 2.75) is 31.7 Å². The van der Waals surface area contributed by atoms with E-state index in [1.807, 2.05) is 24.3 Å². The van der Waals surface area contributed by atoms with Crippen molar-refractivity contribution in [1.29, 1.82) is 5.26 Å². The summed E-state index contributed by atoms with van der Waals surface area (Å²) >= 11 is 0. The lowest BCUT2D eigenvalue weighted by atomic mass is 10.0. The molecule has 1 saturated heterocycles. The quantitative estimate of drug-likeness (QED) is 0.606. The standard InChI is InChI=1S/C15H21N3O.C10H8F2O2/c1-18-9-5-8-14(15(18)19-2)17-11-13-7-4-3-6-12(13)10-16;1-2-7-8(11)3-4-9(12)10(7)14-6-5-13/h3-4,6-7,14-15,17H,5,8-9,11H2,1-2H3;2-5H,1,6H2. The van der Waals surface area contributed by atoms with E-state index in [4.69, 9.17) is 14.7 Å². The van der Waals surface area contributed by atoms with Crippen LogP contribution in [0.1, 0.15) is 29.5 Å². The molecule has 6 nitrogen and oxygen atoms in total. The normalized spacial score (nSPS) is 17.9. The first kappa shape index (κ1) is 26.1. The fraction of sp³-hybridized carbons (Fsp3) is 0.360. The van der Waals surface area contributed by atoms with E-state index < -0.39 is 11.6 Å². The van der Waals surface area contributed by atoms with Crippen molar-refractivity contribution in [3.05, 3.63) is 71.3 Å². The van der Waals surface area contributed by atoms with Gasteiger partial charge < -0.3 is 14.8 Å². The summed E-state index contributed by atoms with van der Waals surface area (Å²) in [5.41, 5.74) is 1.72. The first-order valence-electron chi connectivity index (χ1n) is 10.6. The van der Waals surface area contributed by atoms with E-state index in [0.29, 0.717) is 18.9 Å². The molecule has 1 N–H and O–H groups in total. The van der Waals surface area contributed by atoms with E-state index in [9.17, 15) is 13.6 Å². The Labute approximate surface area is 193 Å². The molecule has 33 heavy (non-hydrogen) atoms. The van der Waals surface area contributed by atoms with Gasteiger partial charge in [-0.1, -0.05) is 30.9 Å². The number of carbonyl (C=O) groups is 1. The van der Waals surface area contributed by atoms with Gasteiger partial charge in [0.25, 0.3) is 0 Å². The average molecular weight is 458 g/mol. The number of carbonyl (C=O) groups excluding carboxylic acids is 1. The fourth-order valence-corrected chi connectivity index (χ4v) is 3.71. The molecule has 2 aromatic rings. The van der Waals surface area contributed by atoms with E-state index in [1.54, 1.807) is 7.11 Å². The van der Waals surface area contributed by atoms with Crippen LogP contribution in [0.4, 0.5) is 8.78 Å². The third-order valence-corrected chi connectivity index (χ3v) is 5.33. The second-order valence-electron chi connectivity index (χ2n) is 7.46. The topological polar surface area (TPSA) is 74.6 Å². The second kappa shape index (κ2) is 13.4. The molecule has 2 unspecified atom stereocenters. The molecule has 176 valence electrons. The minimum absolute atomic E-state index is 0.0770. The maximum absolute atomic E-state index is 13.1. The minimum Gasteiger partial charge on any atom is -0.482 e. The van der Waals surface area contributed by atoms with E-state index >= 15 is 0 Å². The highest BCUT2D eigenvalue weighted by Crippen LogP contribution is 2.26. The molecule has 0 spiro atoms. The molecule has 1 heterocycles. The lowest BCUT2D eigenvalue weighted by Crippen LogP contribution is -2.53. The first-order chi connectivity index (χ1) is 16.0. The molecular weight excluding hydrogens is 428 g/mol. The van der Waals surface area contributed by atoms with Crippen molar-refractivity contribution < 1.29 is 23.0 Å². The number of nitrogens with one attached hydrogen (secondary N) is 1. The van der Waals surface area contributed by atoms with Crippen molar-refractivity contribution in [3.8, 4) is 11.8 Å². The Morgan fingerprint density at radius 2 is 2.00 bits per heavy atom. The van der Waals surface area contributed by atoms with Gasteiger partial charge in [0.05, 0.1) is 17.2 Å². The van der Waals surface area contributed by atoms with E-state index in [-0.39, 0.29) is 24.1 Å². The summed E-state index contributed by atoms with van der Waals surface area (Å²) in [4.78, 5) is 12.2. The summed E-state index contributed by atoms with van der Waals surface area (Å²) in [5.74, 6) is -1.64. The van der Waals surface area contributed by atoms with Crippen LogP contribution in [0.15, 0.2) is 43.0 Å². The molecular formula is C25H29F2N3O3. The monoisotopic (exact) mass is 457 g/mol. The van der Waals surface area contributed by atoms with E-state index in [0.717, 1.165) is 42.3 Å². The molecule has 8 heteroatoms. The molecule has 1 fully saturated rings. The zero-order valence-electron chi connectivity index (χ0n) is 18.9. The van der Waals surface area contributed by atoms with Gasteiger partial charge in [-0.2, -0.15) is 5.26 Å². The number of methoxy groups -OCH3 is 1. The predicted molar refractivity (Wildman–Crippen MR) is 122 cm³/mol. The summed E-state index contributed by atoms with van der Waals surface area (Å²) in [7, 11) is 3.84. The van der Waals surface area contributed by atoms with Crippen LogP contribution in [0.25, 0.3) is 6.08 Å². The summed E-state index contributed by atoms with van der Waals surface area (Å²) in [6.07, 6.45) is 3.99. The van der Waals surface area contributed by atoms with Crippen LogP contribution in [0.2, 0.25) is 0 Å². The maximum Gasteiger partial charge on any atom is 0.165 e. The first-order valence-corrected chi connectivity index (χ1v) is 10.6. The Balaban J connectivity index is 0.000000245. The van der Waals surface area contributed by atoms with Gasteiger partial charge >= 0.3 is 0 Å². The molecule has 0 radical (unpaired) electrons. The summed E-state index contributed by atoms with van der Waals surface area (Å²) in [6, 6.07) is 12.2. The molecule has 3 rings (SSSR count). The Bertz CT molecular complexity index is 978. The van der Waals surface area contributed by atoms with Crippen LogP contribution in [0, 0.1) is 23.0 Å². The predicted octanol–water partition coefficient (Wildman–Crippen LogP) is 3.90. The second-order valence-corrected chi connectivity index (χ2v) is 7.46. The average Bonchev–Trinajstić information content (AvgIpc) is 2.83. The van der Waals surface area contributed by atoms with E-state index in [1.165, 1.54) is 6.42 Å². The molecule has 2 atom stereocenters. The largest absolute Gasteiger partial charge is 0.482 e. The number of benzene rings is 2. The SMILES string of the molecule is C=Cc1c(F)ccc(F)c1OCC=O.COC1C(NCc2ccccc2C#N)CCCN1C. The van der Waals surface area contributed by atoms with Crippen molar-refractivity contribution in [2.75, 3.05) is 27.3 Å². The highest BCUT2D eigenvalue weighted by molar-refractivity contribution is 5.58. The molecule has 1 aliphatic rings. The van der Waals surface area contributed by atoms with Gasteiger partial charge in [0, 0.05) is 26.2 Å². The Morgan fingerprint density at radius 1 is 1.27 bits per heavy atom. The number of piperidine rings is 1. The third kappa shape index (κ3) is 7.19. The van der Waals surface area contributed by atoms with Crippen molar-refractivity contribution in [2.24, 2.45) is 0 Å². The van der Waals surface area contributed by atoms with Crippen molar-refractivity contribution in [1.82, 2.24) is 10.2 Å². The van der Waals surface area contributed by atoms with Gasteiger partial charge in [0.15, 0.2) is 17.9 Å². The van der Waals surface area contributed by atoms with Gasteiger partial charge in [0.2, 0.25) is 0 Å². The van der Waals surface area contributed by atoms with Gasteiger partial charge in [-0.3, -0.25) is 9.69 Å². The third-order valence-electron chi connectivity index (χ3n) is 5.33. The molecule has 0 aromatic heterocycles. The number of halogens is 2. The van der Waals surface area contributed by atoms with Crippen LogP contribution in [-0.2, 0) is 16.1 Å². The van der Waals surface area contributed by atoms with Crippen LogP contribution in [0.3, 0.4) is 0 Å². The smallest absolute Gasteiger partial charge is 0.165 e. The summed E-state index contributed by atoms with van der Waals surface area (Å²) in [5, 5.41) is 12.6. The Kier molecular flexibility index (Phi) is 10.6. The van der Waals surface area contributed by atoms with Crippen molar-refractivity contribution >= 4 is 12.4 Å². The van der Waals surface area contributed by atoms with Crippen LogP contribution in [0.5, 0.6) is 5.75 Å². The number of nitrogens with zero attached hydrogens (tertiary/aromatic N) is 2. The van der Waals surface area contributed by atoms with Gasteiger partial charge in [-0.25, -0.2) is 8.78 Å². The lowest BCUT2D eigenvalue weighted by Gasteiger charge is -2.38. The summed E-state index contributed by atoms with van der Waals surface area (Å²) in [6.45, 7) is 4.79. The molecule has 1 aliphatic heterocycles. The number of rotatable bonds is 8. The zero-order valence-corrected chi connectivity index (χ0v) is 18.9. The fourth-order valence-electron chi connectivity index (χ4n) is 3.71. The zero-order chi connectivity index (χ0) is 24.2. The van der Waals surface area contributed by atoms with Crippen LogP contribution < -0.4 is 10.1 Å². The van der Waals surface area contributed by atoms with Gasteiger partial charge in [-0.15, -0.1) is 0 Å². The lowest BCUT2D eigenvalue weighted by molar-refractivity contribution is -0.109. The van der Waals surface area contributed by atoms with Gasteiger partial charge in [0.1, 0.15) is 18.7 Å². The molecule has 2 aromatic carbocycles. The number of ether oxygens (including phenoxy) is 2.